The van der Waals surface area contributed by atoms with Crippen molar-refractivity contribution in [2.45, 2.75) is 19.3 Å². The van der Waals surface area contributed by atoms with Gasteiger partial charge in [0.25, 0.3) is 5.91 Å². The fraction of sp³-hybridized carbons (Fsp3) is 0.353. The Morgan fingerprint density at radius 1 is 1.14 bits per heavy atom. The summed E-state index contributed by atoms with van der Waals surface area (Å²) >= 11 is 1.69. The van der Waals surface area contributed by atoms with Crippen molar-refractivity contribution in [1.82, 2.24) is 0 Å². The van der Waals surface area contributed by atoms with E-state index in [2.05, 4.69) is 24.1 Å². The van der Waals surface area contributed by atoms with Gasteiger partial charge in [0.1, 0.15) is 0 Å². The van der Waals surface area contributed by atoms with Gasteiger partial charge in [0.05, 0.1) is 16.3 Å². The number of likely N-dealkylation sites (N-methyl/N-ethyl adjacent to an activating group) is 1. The normalized spacial score (nSPS) is 16.8. The molecule has 4 heteroatoms. The number of hydrogen-bond acceptors (Lipinski definition) is 3. The van der Waals surface area contributed by atoms with Crippen LogP contribution in [0.3, 0.4) is 0 Å². The van der Waals surface area contributed by atoms with Gasteiger partial charge in [-0.15, -0.1) is 11.3 Å². The van der Waals surface area contributed by atoms with Crippen LogP contribution in [0.15, 0.2) is 30.3 Å². The molecule has 108 valence electrons. The molecule has 0 N–H and O–H groups in total. The number of anilines is 2. The van der Waals surface area contributed by atoms with Crippen molar-refractivity contribution in [1.29, 1.82) is 0 Å². The first-order valence-electron chi connectivity index (χ1n) is 7.47. The summed E-state index contributed by atoms with van der Waals surface area (Å²) in [4.78, 5) is 19.4. The van der Waals surface area contributed by atoms with E-state index in [1.807, 2.05) is 23.1 Å². The Morgan fingerprint density at radius 2 is 1.95 bits per heavy atom. The van der Waals surface area contributed by atoms with Crippen LogP contribution in [0.1, 0.15) is 26.5 Å². The highest BCUT2D eigenvalue weighted by Gasteiger charge is 2.28. The van der Waals surface area contributed by atoms with E-state index in [4.69, 9.17) is 0 Å². The maximum atomic E-state index is 12.9. The summed E-state index contributed by atoms with van der Waals surface area (Å²) in [6.45, 7) is 1.64. The minimum absolute atomic E-state index is 0.162. The lowest BCUT2D eigenvalue weighted by Gasteiger charge is -2.35. The van der Waals surface area contributed by atoms with E-state index in [0.29, 0.717) is 0 Å². The largest absolute Gasteiger partial charge is 0.371 e. The molecule has 2 aliphatic rings. The summed E-state index contributed by atoms with van der Waals surface area (Å²) in [7, 11) is 2.08. The molecule has 0 saturated heterocycles. The molecule has 0 unspecified atom stereocenters. The summed E-state index contributed by atoms with van der Waals surface area (Å²) in [5, 5.41) is 0. The standard InChI is InChI=1S/C17H18N2OS/c1-18-9-10-19(14-7-3-2-6-13(14)18)17(20)16-11-12-5-4-8-15(12)21-16/h2-3,6-7,11H,4-5,8-10H2,1H3. The van der Waals surface area contributed by atoms with Gasteiger partial charge in [0.15, 0.2) is 0 Å². The summed E-state index contributed by atoms with van der Waals surface area (Å²) in [5.74, 6) is 0.162. The number of benzene rings is 1. The van der Waals surface area contributed by atoms with Gasteiger partial charge in [-0.2, -0.15) is 0 Å². The van der Waals surface area contributed by atoms with Crippen LogP contribution >= 0.6 is 11.3 Å². The molecule has 0 atom stereocenters. The van der Waals surface area contributed by atoms with Crippen molar-refractivity contribution in [2.24, 2.45) is 0 Å². The minimum Gasteiger partial charge on any atom is -0.371 e. The van der Waals surface area contributed by atoms with Crippen LogP contribution in [0.2, 0.25) is 0 Å². The van der Waals surface area contributed by atoms with E-state index >= 15 is 0 Å². The average molecular weight is 298 g/mol. The lowest BCUT2D eigenvalue weighted by atomic mass is 10.1. The van der Waals surface area contributed by atoms with E-state index in [1.165, 1.54) is 16.9 Å². The first-order chi connectivity index (χ1) is 10.2. The molecular formula is C17H18N2OS. The Morgan fingerprint density at radius 3 is 2.76 bits per heavy atom. The number of carbonyl (C=O) groups excluding carboxylic acids is 1. The van der Waals surface area contributed by atoms with E-state index < -0.39 is 0 Å². The quantitative estimate of drug-likeness (QED) is 0.806. The van der Waals surface area contributed by atoms with Gasteiger partial charge in [-0.1, -0.05) is 12.1 Å². The Kier molecular flexibility index (Phi) is 3.00. The van der Waals surface area contributed by atoms with Crippen molar-refractivity contribution in [3.63, 3.8) is 0 Å². The first kappa shape index (κ1) is 12.9. The zero-order valence-corrected chi connectivity index (χ0v) is 12.9. The molecule has 3 nitrogen and oxygen atoms in total. The highest BCUT2D eigenvalue weighted by atomic mass is 32.1. The van der Waals surface area contributed by atoms with Crippen LogP contribution in [0.5, 0.6) is 0 Å². The van der Waals surface area contributed by atoms with Crippen LogP contribution in [-0.4, -0.2) is 26.0 Å². The van der Waals surface area contributed by atoms with Gasteiger partial charge in [0, 0.05) is 25.0 Å². The van der Waals surface area contributed by atoms with Crippen molar-refractivity contribution < 1.29 is 4.79 Å². The second-order valence-corrected chi connectivity index (χ2v) is 6.92. The summed E-state index contributed by atoms with van der Waals surface area (Å²) in [5.41, 5.74) is 3.57. The molecule has 0 bridgehead atoms. The van der Waals surface area contributed by atoms with Crippen molar-refractivity contribution in [3.05, 3.63) is 45.6 Å². The Hall–Kier alpha value is -1.81. The van der Waals surface area contributed by atoms with E-state index in [9.17, 15) is 4.79 Å². The molecule has 1 aliphatic heterocycles. The third-order valence-corrected chi connectivity index (χ3v) is 5.67. The molecule has 0 spiro atoms. The molecule has 0 radical (unpaired) electrons. The number of fused-ring (bicyclic) bond motifs is 2. The summed E-state index contributed by atoms with van der Waals surface area (Å²) < 4.78 is 0. The summed E-state index contributed by atoms with van der Waals surface area (Å²) in [6, 6.07) is 10.3. The molecule has 1 aromatic carbocycles. The fourth-order valence-electron chi connectivity index (χ4n) is 3.28. The molecule has 1 amide bonds. The number of amides is 1. The second-order valence-electron chi connectivity index (χ2n) is 5.78. The number of aryl methyl sites for hydroxylation is 2. The monoisotopic (exact) mass is 298 g/mol. The van der Waals surface area contributed by atoms with Crippen molar-refractivity contribution in [3.8, 4) is 0 Å². The molecule has 1 aromatic heterocycles. The Balaban J connectivity index is 1.70. The number of thiophene rings is 1. The van der Waals surface area contributed by atoms with Gasteiger partial charge >= 0.3 is 0 Å². The van der Waals surface area contributed by atoms with Gasteiger partial charge in [0.2, 0.25) is 0 Å². The molecule has 21 heavy (non-hydrogen) atoms. The predicted octanol–water partition coefficient (Wildman–Crippen LogP) is 3.33. The van der Waals surface area contributed by atoms with Crippen LogP contribution < -0.4 is 9.80 Å². The predicted molar refractivity (Wildman–Crippen MR) is 87.7 cm³/mol. The van der Waals surface area contributed by atoms with E-state index in [1.54, 1.807) is 11.3 Å². The second kappa shape index (κ2) is 4.88. The molecule has 2 aromatic rings. The SMILES string of the molecule is CN1CCN(C(=O)c2cc3c(s2)CCC3)c2ccccc21. The van der Waals surface area contributed by atoms with Gasteiger partial charge in [-0.25, -0.2) is 0 Å². The van der Waals surface area contributed by atoms with Crippen LogP contribution in [0.25, 0.3) is 0 Å². The lowest BCUT2D eigenvalue weighted by molar-refractivity contribution is 0.0990. The smallest absolute Gasteiger partial charge is 0.268 e. The van der Waals surface area contributed by atoms with Crippen LogP contribution in [0.4, 0.5) is 11.4 Å². The van der Waals surface area contributed by atoms with Gasteiger partial charge in [-0.3, -0.25) is 4.79 Å². The molecule has 2 heterocycles. The summed E-state index contributed by atoms with van der Waals surface area (Å²) in [6.07, 6.45) is 3.53. The fourth-order valence-corrected chi connectivity index (χ4v) is 4.49. The first-order valence-corrected chi connectivity index (χ1v) is 8.29. The lowest BCUT2D eigenvalue weighted by Crippen LogP contribution is -2.42. The average Bonchev–Trinajstić information content (AvgIpc) is 3.08. The van der Waals surface area contributed by atoms with Gasteiger partial charge in [-0.05, 0) is 43.0 Å². The molecule has 0 fully saturated rings. The number of carbonyl (C=O) groups is 1. The number of para-hydroxylation sites is 2. The van der Waals surface area contributed by atoms with Crippen LogP contribution in [0, 0.1) is 0 Å². The zero-order valence-electron chi connectivity index (χ0n) is 12.1. The third kappa shape index (κ3) is 2.05. The highest BCUT2D eigenvalue weighted by Crippen LogP contribution is 2.35. The molecule has 0 saturated carbocycles. The maximum Gasteiger partial charge on any atom is 0.268 e. The van der Waals surface area contributed by atoms with Crippen molar-refractivity contribution in [2.75, 3.05) is 29.9 Å². The third-order valence-electron chi connectivity index (χ3n) is 4.45. The van der Waals surface area contributed by atoms with E-state index in [0.717, 1.165) is 42.2 Å². The van der Waals surface area contributed by atoms with Crippen LogP contribution in [-0.2, 0) is 12.8 Å². The number of nitrogens with zero attached hydrogens (tertiary/aromatic N) is 2. The Bertz CT molecular complexity index is 685. The number of hydrogen-bond donors (Lipinski definition) is 0. The highest BCUT2D eigenvalue weighted by molar-refractivity contribution is 7.14. The number of rotatable bonds is 1. The molecule has 1 aliphatic carbocycles. The van der Waals surface area contributed by atoms with Crippen molar-refractivity contribution >= 4 is 28.6 Å². The Labute approximate surface area is 128 Å². The molecular weight excluding hydrogens is 280 g/mol. The maximum absolute atomic E-state index is 12.9. The topological polar surface area (TPSA) is 23.6 Å². The minimum atomic E-state index is 0.162. The van der Waals surface area contributed by atoms with E-state index in [-0.39, 0.29) is 5.91 Å². The zero-order chi connectivity index (χ0) is 14.4. The molecule has 4 rings (SSSR count). The van der Waals surface area contributed by atoms with Gasteiger partial charge < -0.3 is 9.80 Å².